The molecular weight excluding hydrogens is 329 g/mol. The van der Waals surface area contributed by atoms with E-state index in [2.05, 4.69) is 5.10 Å². The first kappa shape index (κ1) is 17.2. The van der Waals surface area contributed by atoms with E-state index in [9.17, 15) is 18.8 Å². The number of rotatable bonds is 4. The van der Waals surface area contributed by atoms with Crippen LogP contribution in [-0.2, 0) is 14.4 Å². The Morgan fingerprint density at radius 2 is 2.00 bits per heavy atom. The number of benzene rings is 1. The molecule has 0 spiro atoms. The van der Waals surface area contributed by atoms with Gasteiger partial charge in [0.15, 0.2) is 11.5 Å². The maximum absolute atomic E-state index is 13.1. The predicted octanol–water partition coefficient (Wildman–Crippen LogP) is 0.861. The van der Waals surface area contributed by atoms with E-state index in [1.165, 1.54) is 29.2 Å². The number of hydrogen-bond acceptors (Lipinski definition) is 5. The van der Waals surface area contributed by atoms with Gasteiger partial charge in [0.2, 0.25) is 0 Å². The third-order valence-electron chi connectivity index (χ3n) is 4.39. The Hall–Kier alpha value is -2.61. The second kappa shape index (κ2) is 7.10. The molecule has 132 valence electrons. The Balaban J connectivity index is 1.89. The average Bonchev–Trinajstić information content (AvgIpc) is 3.04. The Bertz CT molecular complexity index is 732. The highest BCUT2D eigenvalue weighted by Crippen LogP contribution is 2.23. The molecule has 2 amide bonds. The summed E-state index contributed by atoms with van der Waals surface area (Å²) in [5, 5.41) is 14.0. The van der Waals surface area contributed by atoms with E-state index in [0.717, 1.165) is 17.9 Å². The maximum Gasteiger partial charge on any atom is 0.278 e. The molecule has 7 nitrogen and oxygen atoms in total. The van der Waals surface area contributed by atoms with Crippen LogP contribution in [0.1, 0.15) is 25.7 Å². The Morgan fingerprint density at radius 1 is 1.28 bits per heavy atom. The minimum absolute atomic E-state index is 0.0466. The number of anilines is 1. The second-order valence-corrected chi connectivity index (χ2v) is 6.04. The van der Waals surface area contributed by atoms with Crippen LogP contribution in [0.3, 0.4) is 0 Å². The molecule has 2 aliphatic rings. The van der Waals surface area contributed by atoms with Gasteiger partial charge in [-0.1, -0.05) is 0 Å². The smallest absolute Gasteiger partial charge is 0.278 e. The standard InChI is InChI=1S/C17H18FN3O4/c18-11-3-5-13(6-4-11)21-15(24)10-14(23)16(19-21)17(25)20-8-1-2-12(20)7-9-22/h3-6,12,22H,1-2,7-10H2. The molecule has 8 heteroatoms. The fourth-order valence-electron chi connectivity index (χ4n) is 3.14. The summed E-state index contributed by atoms with van der Waals surface area (Å²) in [7, 11) is 0. The van der Waals surface area contributed by atoms with Crippen molar-refractivity contribution in [3.05, 3.63) is 30.1 Å². The van der Waals surface area contributed by atoms with E-state index in [1.54, 1.807) is 0 Å². The van der Waals surface area contributed by atoms with Crippen LogP contribution in [0.5, 0.6) is 0 Å². The highest BCUT2D eigenvalue weighted by Gasteiger charge is 2.38. The van der Waals surface area contributed by atoms with Crippen LogP contribution in [-0.4, -0.2) is 52.5 Å². The molecule has 1 saturated heterocycles. The lowest BCUT2D eigenvalue weighted by atomic mass is 10.1. The van der Waals surface area contributed by atoms with Gasteiger partial charge in [0.1, 0.15) is 5.82 Å². The molecule has 0 aliphatic carbocycles. The lowest BCUT2D eigenvalue weighted by molar-refractivity contribution is -0.127. The number of amides is 2. The van der Waals surface area contributed by atoms with Gasteiger partial charge in [-0.25, -0.2) is 4.39 Å². The number of Topliss-reactive ketones (excluding diaryl/α,β-unsaturated/α-hetero) is 1. The first-order chi connectivity index (χ1) is 12.0. The third-order valence-corrected chi connectivity index (χ3v) is 4.39. The molecule has 1 atom stereocenters. The van der Waals surface area contributed by atoms with Crippen LogP contribution >= 0.6 is 0 Å². The molecule has 1 aromatic carbocycles. The van der Waals surface area contributed by atoms with Crippen LogP contribution in [0, 0.1) is 5.82 Å². The molecule has 1 unspecified atom stereocenters. The highest BCUT2D eigenvalue weighted by atomic mass is 19.1. The van der Waals surface area contributed by atoms with Gasteiger partial charge in [0, 0.05) is 19.2 Å². The van der Waals surface area contributed by atoms with Crippen LogP contribution in [0.2, 0.25) is 0 Å². The number of carbonyl (C=O) groups is 3. The molecule has 0 aromatic heterocycles. The van der Waals surface area contributed by atoms with Gasteiger partial charge in [-0.05, 0) is 43.5 Å². The van der Waals surface area contributed by atoms with Crippen molar-refractivity contribution < 1.29 is 23.9 Å². The summed E-state index contributed by atoms with van der Waals surface area (Å²) in [6, 6.07) is 4.93. The summed E-state index contributed by atoms with van der Waals surface area (Å²) in [6.07, 6.45) is 1.53. The van der Waals surface area contributed by atoms with Crippen molar-refractivity contribution in [1.29, 1.82) is 0 Å². The summed E-state index contributed by atoms with van der Waals surface area (Å²) in [5.41, 5.74) is -0.00806. The summed E-state index contributed by atoms with van der Waals surface area (Å²) >= 11 is 0. The quantitative estimate of drug-likeness (QED) is 0.818. The molecule has 0 bridgehead atoms. The van der Waals surface area contributed by atoms with Crippen LogP contribution in [0.25, 0.3) is 0 Å². The molecule has 2 aliphatic heterocycles. The van der Waals surface area contributed by atoms with Crippen molar-refractivity contribution in [2.45, 2.75) is 31.7 Å². The molecular formula is C17H18FN3O4. The first-order valence-electron chi connectivity index (χ1n) is 8.13. The molecule has 0 saturated carbocycles. The number of hydrazone groups is 1. The average molecular weight is 347 g/mol. The van der Waals surface area contributed by atoms with Gasteiger partial charge in [-0.15, -0.1) is 0 Å². The molecule has 2 heterocycles. The number of carbonyl (C=O) groups excluding carboxylic acids is 3. The number of nitrogens with zero attached hydrogens (tertiary/aromatic N) is 3. The molecule has 3 rings (SSSR count). The summed E-state index contributed by atoms with van der Waals surface area (Å²) < 4.78 is 13.1. The molecule has 1 fully saturated rings. The van der Waals surface area contributed by atoms with Crippen LogP contribution in [0.4, 0.5) is 10.1 Å². The van der Waals surface area contributed by atoms with Crippen molar-refractivity contribution in [3.63, 3.8) is 0 Å². The number of aliphatic hydroxyl groups excluding tert-OH is 1. The minimum atomic E-state index is -0.622. The predicted molar refractivity (Wildman–Crippen MR) is 87.4 cm³/mol. The van der Waals surface area contributed by atoms with Gasteiger partial charge >= 0.3 is 0 Å². The van der Waals surface area contributed by atoms with E-state index < -0.39 is 29.8 Å². The number of hydrogen-bond donors (Lipinski definition) is 1. The first-order valence-corrected chi connectivity index (χ1v) is 8.13. The molecule has 0 radical (unpaired) electrons. The highest BCUT2D eigenvalue weighted by molar-refractivity contribution is 6.67. The van der Waals surface area contributed by atoms with E-state index in [4.69, 9.17) is 5.11 Å². The molecule has 1 N–H and O–H groups in total. The Kier molecular flexibility index (Phi) is 4.89. The van der Waals surface area contributed by atoms with Crippen molar-refractivity contribution in [2.24, 2.45) is 5.10 Å². The normalized spacial score (nSPS) is 20.9. The zero-order chi connectivity index (χ0) is 18.0. The van der Waals surface area contributed by atoms with Crippen molar-refractivity contribution in [2.75, 3.05) is 18.2 Å². The number of ketones is 1. The van der Waals surface area contributed by atoms with Gasteiger partial charge in [-0.2, -0.15) is 10.1 Å². The molecule has 1 aromatic rings. The zero-order valence-corrected chi connectivity index (χ0v) is 13.5. The van der Waals surface area contributed by atoms with Crippen LogP contribution in [0.15, 0.2) is 29.4 Å². The fraction of sp³-hybridized carbons (Fsp3) is 0.412. The van der Waals surface area contributed by atoms with Crippen molar-refractivity contribution in [1.82, 2.24) is 4.90 Å². The number of aliphatic hydroxyl groups is 1. The summed E-state index contributed by atoms with van der Waals surface area (Å²) in [4.78, 5) is 38.5. The fourth-order valence-corrected chi connectivity index (χ4v) is 3.14. The topological polar surface area (TPSA) is 90.3 Å². The Morgan fingerprint density at radius 3 is 2.68 bits per heavy atom. The SMILES string of the molecule is O=C1CC(=O)N(c2ccc(F)cc2)N=C1C(=O)N1CCCC1CCO. The van der Waals surface area contributed by atoms with E-state index in [-0.39, 0.29) is 24.0 Å². The third kappa shape index (κ3) is 3.43. The summed E-state index contributed by atoms with van der Waals surface area (Å²) in [6.45, 7) is 0.440. The van der Waals surface area contributed by atoms with Gasteiger partial charge in [0.25, 0.3) is 11.8 Å². The number of halogens is 1. The second-order valence-electron chi connectivity index (χ2n) is 6.04. The van der Waals surface area contributed by atoms with E-state index in [0.29, 0.717) is 13.0 Å². The van der Waals surface area contributed by atoms with Gasteiger partial charge in [0.05, 0.1) is 12.1 Å². The van der Waals surface area contributed by atoms with Crippen molar-refractivity contribution in [3.8, 4) is 0 Å². The lowest BCUT2D eigenvalue weighted by Crippen LogP contribution is -2.47. The monoisotopic (exact) mass is 347 g/mol. The van der Waals surface area contributed by atoms with E-state index in [1.807, 2.05) is 0 Å². The van der Waals surface area contributed by atoms with Crippen LogP contribution < -0.4 is 5.01 Å². The van der Waals surface area contributed by atoms with Gasteiger partial charge < -0.3 is 10.0 Å². The minimum Gasteiger partial charge on any atom is -0.396 e. The van der Waals surface area contributed by atoms with Gasteiger partial charge in [-0.3, -0.25) is 14.4 Å². The van der Waals surface area contributed by atoms with Crippen molar-refractivity contribution >= 4 is 29.0 Å². The zero-order valence-electron chi connectivity index (χ0n) is 13.5. The lowest BCUT2D eigenvalue weighted by Gasteiger charge is -2.27. The largest absolute Gasteiger partial charge is 0.396 e. The van der Waals surface area contributed by atoms with E-state index >= 15 is 0 Å². The number of likely N-dealkylation sites (tertiary alicyclic amines) is 1. The maximum atomic E-state index is 13.1. The Labute approximate surface area is 143 Å². The molecule has 25 heavy (non-hydrogen) atoms. The summed E-state index contributed by atoms with van der Waals surface area (Å²) in [5.74, 6) is -2.18.